The zero-order valence-electron chi connectivity index (χ0n) is 13.0. The summed E-state index contributed by atoms with van der Waals surface area (Å²) in [7, 11) is 0. The predicted octanol–water partition coefficient (Wildman–Crippen LogP) is 3.33. The van der Waals surface area contributed by atoms with Crippen molar-refractivity contribution in [3.05, 3.63) is 71.3 Å². The van der Waals surface area contributed by atoms with Crippen LogP contribution in [0.1, 0.15) is 40.7 Å². The number of carbonyl (C=O) groups excluding carboxylic acids is 2. The molecule has 116 valence electrons. The number of ketones is 1. The number of nitrogens with zero attached hydrogens (tertiary/aromatic N) is 1. The molecule has 3 nitrogen and oxygen atoms in total. The summed E-state index contributed by atoms with van der Waals surface area (Å²) in [5.74, 6) is 0.324. The molecule has 0 aromatic heterocycles. The minimum absolute atomic E-state index is 0.0368. The van der Waals surface area contributed by atoms with Gasteiger partial charge in [0.15, 0.2) is 0 Å². The molecule has 2 aliphatic rings. The van der Waals surface area contributed by atoms with Gasteiger partial charge in [-0.05, 0) is 30.0 Å². The lowest BCUT2D eigenvalue weighted by Gasteiger charge is -2.40. The zero-order valence-corrected chi connectivity index (χ0v) is 13.0. The molecule has 3 heteroatoms. The van der Waals surface area contributed by atoms with Gasteiger partial charge in [-0.3, -0.25) is 9.59 Å². The number of benzene rings is 2. The van der Waals surface area contributed by atoms with Crippen LogP contribution in [0.25, 0.3) is 0 Å². The first-order valence-electron chi connectivity index (χ1n) is 8.17. The van der Waals surface area contributed by atoms with Crippen LogP contribution in [0.2, 0.25) is 0 Å². The molecule has 1 aliphatic heterocycles. The second-order valence-electron chi connectivity index (χ2n) is 6.55. The van der Waals surface area contributed by atoms with E-state index in [1.165, 1.54) is 0 Å². The van der Waals surface area contributed by atoms with Crippen LogP contribution in [0.15, 0.2) is 54.6 Å². The van der Waals surface area contributed by atoms with Crippen molar-refractivity contribution in [1.29, 1.82) is 0 Å². The third-order valence-electron chi connectivity index (χ3n) is 5.18. The molecule has 0 bridgehead atoms. The molecule has 2 aromatic rings. The fourth-order valence-electron chi connectivity index (χ4n) is 4.05. The fourth-order valence-corrected chi connectivity index (χ4v) is 4.05. The Balaban J connectivity index is 1.77. The maximum Gasteiger partial charge on any atom is 0.254 e. The number of hydrogen-bond donors (Lipinski definition) is 0. The van der Waals surface area contributed by atoms with Gasteiger partial charge in [-0.25, -0.2) is 0 Å². The molecule has 4 rings (SSSR count). The van der Waals surface area contributed by atoms with Crippen molar-refractivity contribution in [1.82, 2.24) is 4.90 Å². The number of amides is 1. The lowest BCUT2D eigenvalue weighted by atomic mass is 9.73. The zero-order chi connectivity index (χ0) is 15.9. The van der Waals surface area contributed by atoms with Gasteiger partial charge in [0.2, 0.25) is 0 Å². The second-order valence-corrected chi connectivity index (χ2v) is 6.55. The monoisotopic (exact) mass is 305 g/mol. The van der Waals surface area contributed by atoms with Crippen LogP contribution in [-0.4, -0.2) is 23.1 Å². The topological polar surface area (TPSA) is 37.4 Å². The lowest BCUT2D eigenvalue weighted by Crippen LogP contribution is -2.51. The highest BCUT2D eigenvalue weighted by Crippen LogP contribution is 2.43. The first-order chi connectivity index (χ1) is 11.2. The van der Waals surface area contributed by atoms with E-state index < -0.39 is 5.41 Å². The highest BCUT2D eigenvalue weighted by Gasteiger charge is 2.50. The van der Waals surface area contributed by atoms with Crippen molar-refractivity contribution >= 4 is 11.7 Å². The van der Waals surface area contributed by atoms with Crippen molar-refractivity contribution in [3.63, 3.8) is 0 Å². The average Bonchev–Trinajstić information content (AvgIpc) is 2.95. The highest BCUT2D eigenvalue weighted by molar-refractivity contribution is 6.03. The summed E-state index contributed by atoms with van der Waals surface area (Å²) in [6.07, 6.45) is 2.39. The molecule has 2 aromatic carbocycles. The summed E-state index contributed by atoms with van der Waals surface area (Å²) in [4.78, 5) is 27.4. The Morgan fingerprint density at radius 2 is 1.70 bits per heavy atom. The van der Waals surface area contributed by atoms with E-state index >= 15 is 0 Å². The minimum atomic E-state index is -0.487. The van der Waals surface area contributed by atoms with Gasteiger partial charge in [-0.1, -0.05) is 48.5 Å². The van der Waals surface area contributed by atoms with Gasteiger partial charge >= 0.3 is 0 Å². The maximum absolute atomic E-state index is 12.9. The van der Waals surface area contributed by atoms with E-state index in [-0.39, 0.29) is 11.7 Å². The van der Waals surface area contributed by atoms with E-state index in [0.717, 1.165) is 24.0 Å². The van der Waals surface area contributed by atoms with Crippen molar-refractivity contribution in [2.24, 2.45) is 0 Å². The summed E-state index contributed by atoms with van der Waals surface area (Å²) >= 11 is 0. The van der Waals surface area contributed by atoms with Crippen molar-refractivity contribution < 1.29 is 9.59 Å². The molecule has 1 heterocycles. The quantitative estimate of drug-likeness (QED) is 0.853. The van der Waals surface area contributed by atoms with Gasteiger partial charge < -0.3 is 4.90 Å². The Hall–Kier alpha value is -2.42. The summed E-state index contributed by atoms with van der Waals surface area (Å²) < 4.78 is 0. The summed E-state index contributed by atoms with van der Waals surface area (Å²) in [5.41, 5.74) is 2.25. The van der Waals surface area contributed by atoms with Crippen LogP contribution in [0.3, 0.4) is 0 Å². The van der Waals surface area contributed by atoms with E-state index in [2.05, 4.69) is 0 Å². The van der Waals surface area contributed by atoms with Crippen molar-refractivity contribution in [2.75, 3.05) is 6.54 Å². The van der Waals surface area contributed by atoms with Gasteiger partial charge in [0.25, 0.3) is 5.91 Å². The molecule has 1 saturated carbocycles. The molecule has 1 aliphatic carbocycles. The Kier molecular flexibility index (Phi) is 3.29. The second kappa shape index (κ2) is 5.34. The smallest absolute Gasteiger partial charge is 0.254 e. The summed E-state index contributed by atoms with van der Waals surface area (Å²) in [5, 5.41) is 0. The van der Waals surface area contributed by atoms with E-state index in [9.17, 15) is 9.59 Å². The van der Waals surface area contributed by atoms with Gasteiger partial charge in [-0.15, -0.1) is 0 Å². The third-order valence-corrected chi connectivity index (χ3v) is 5.18. The normalized spacial score (nSPS) is 23.4. The molecule has 1 atom stereocenters. The summed E-state index contributed by atoms with van der Waals surface area (Å²) in [6.45, 7) is 1.07. The third kappa shape index (κ3) is 2.19. The Morgan fingerprint density at radius 1 is 0.957 bits per heavy atom. The van der Waals surface area contributed by atoms with Crippen LogP contribution >= 0.6 is 0 Å². The molecule has 1 amide bonds. The predicted molar refractivity (Wildman–Crippen MR) is 88.2 cm³/mol. The van der Waals surface area contributed by atoms with Crippen LogP contribution < -0.4 is 0 Å². The molecule has 0 saturated heterocycles. The molecule has 23 heavy (non-hydrogen) atoms. The van der Waals surface area contributed by atoms with E-state index in [1.807, 2.05) is 59.5 Å². The number of hydrogen-bond acceptors (Lipinski definition) is 2. The van der Waals surface area contributed by atoms with E-state index in [1.54, 1.807) is 0 Å². The molecular weight excluding hydrogens is 286 g/mol. The molecule has 0 radical (unpaired) electrons. The first kappa shape index (κ1) is 14.2. The Morgan fingerprint density at radius 3 is 2.43 bits per heavy atom. The van der Waals surface area contributed by atoms with Gasteiger partial charge in [0.05, 0.1) is 5.41 Å². The van der Waals surface area contributed by atoms with E-state index in [4.69, 9.17) is 0 Å². The lowest BCUT2D eigenvalue weighted by molar-refractivity contribution is -0.122. The van der Waals surface area contributed by atoms with Crippen LogP contribution in [-0.2, 0) is 16.8 Å². The molecule has 1 spiro atoms. The van der Waals surface area contributed by atoms with Gasteiger partial charge in [-0.2, -0.15) is 0 Å². The van der Waals surface area contributed by atoms with Crippen molar-refractivity contribution in [2.45, 2.75) is 31.2 Å². The molecule has 0 N–H and O–H groups in total. The van der Waals surface area contributed by atoms with E-state index in [0.29, 0.717) is 25.1 Å². The van der Waals surface area contributed by atoms with Crippen LogP contribution in [0.5, 0.6) is 0 Å². The largest absolute Gasteiger partial charge is 0.333 e. The molecule has 1 fully saturated rings. The Labute approximate surface area is 135 Å². The number of Topliss-reactive ketones (excluding diaryl/α,β-unsaturated/α-hetero) is 1. The highest BCUT2D eigenvalue weighted by atomic mass is 16.2. The van der Waals surface area contributed by atoms with Gasteiger partial charge in [0, 0.05) is 25.1 Å². The average molecular weight is 305 g/mol. The van der Waals surface area contributed by atoms with Crippen LogP contribution in [0, 0.1) is 0 Å². The Bertz CT molecular complexity index is 768. The molecule has 1 unspecified atom stereocenters. The SMILES string of the molecule is O=C1c2ccccc2C2(CCCC2=O)CN1Cc1ccccc1. The van der Waals surface area contributed by atoms with Crippen molar-refractivity contribution in [3.8, 4) is 0 Å². The standard InChI is InChI=1S/C20H19NO2/c22-18-11-6-12-20(18)14-21(13-15-7-2-1-3-8-15)19(23)16-9-4-5-10-17(16)20/h1-5,7-10H,6,11-14H2. The number of carbonyl (C=O) groups is 2. The van der Waals surface area contributed by atoms with Crippen LogP contribution in [0.4, 0.5) is 0 Å². The minimum Gasteiger partial charge on any atom is -0.333 e. The number of rotatable bonds is 2. The fraction of sp³-hybridized carbons (Fsp3) is 0.300. The first-order valence-corrected chi connectivity index (χ1v) is 8.17. The maximum atomic E-state index is 12.9. The van der Waals surface area contributed by atoms with Gasteiger partial charge in [0.1, 0.15) is 5.78 Å². The number of fused-ring (bicyclic) bond motifs is 2. The molecular formula is C20H19NO2. The summed E-state index contributed by atoms with van der Waals surface area (Å²) in [6, 6.07) is 17.6.